The van der Waals surface area contributed by atoms with Crippen LogP contribution in [0.25, 0.3) is 72.0 Å². The first-order chi connectivity index (χ1) is 25.7. The van der Waals surface area contributed by atoms with Crippen molar-refractivity contribution in [1.29, 1.82) is 0 Å². The summed E-state index contributed by atoms with van der Waals surface area (Å²) in [5.74, 6) is 1.86. The summed E-state index contributed by atoms with van der Waals surface area (Å²) in [7, 11) is 0. The van der Waals surface area contributed by atoms with Crippen molar-refractivity contribution in [3.63, 3.8) is 0 Å². The maximum absolute atomic E-state index is 7.27. The number of hydrogen-bond donors (Lipinski definition) is 0. The zero-order chi connectivity index (χ0) is 34.3. The number of para-hydroxylation sites is 2. The summed E-state index contributed by atoms with van der Waals surface area (Å²) in [6, 6.07) is 64.1. The number of fused-ring (bicyclic) bond motifs is 7. The topological polar surface area (TPSA) is 14.2 Å². The first-order valence-electron chi connectivity index (χ1n) is 18.1. The molecular formula is C49H32BNO. The number of aromatic nitrogens is 1. The molecule has 0 bridgehead atoms. The van der Waals surface area contributed by atoms with Crippen LogP contribution in [0.3, 0.4) is 0 Å². The molecule has 242 valence electrons. The Morgan fingerprint density at radius 1 is 0.462 bits per heavy atom. The fraction of sp³-hybridized carbons (Fsp3) is 0.0204. The summed E-state index contributed by atoms with van der Waals surface area (Å²) in [6.45, 7) is 2.17. The molecule has 0 aliphatic carbocycles. The van der Waals surface area contributed by atoms with Crippen molar-refractivity contribution in [2.24, 2.45) is 0 Å². The third-order valence-electron chi connectivity index (χ3n) is 11.1. The van der Waals surface area contributed by atoms with E-state index in [0.717, 1.165) is 22.6 Å². The van der Waals surface area contributed by atoms with Gasteiger partial charge in [0.05, 0.1) is 5.52 Å². The van der Waals surface area contributed by atoms with Crippen LogP contribution in [-0.4, -0.2) is 11.3 Å². The summed E-state index contributed by atoms with van der Waals surface area (Å²) in [5.41, 5.74) is 18.1. The lowest BCUT2D eigenvalue weighted by Crippen LogP contribution is -2.58. The van der Waals surface area contributed by atoms with Gasteiger partial charge in [0.25, 0.3) is 6.71 Å². The molecular weight excluding hydrogens is 629 g/mol. The fourth-order valence-corrected chi connectivity index (χ4v) is 8.95. The first kappa shape index (κ1) is 29.2. The van der Waals surface area contributed by atoms with E-state index < -0.39 is 0 Å². The molecule has 0 saturated carbocycles. The van der Waals surface area contributed by atoms with Crippen molar-refractivity contribution in [1.82, 2.24) is 4.57 Å². The Kier molecular flexibility index (Phi) is 6.29. The number of ether oxygens (including phenoxy) is 1. The highest BCUT2D eigenvalue weighted by molar-refractivity contribution is 6.99. The van der Waals surface area contributed by atoms with E-state index in [4.69, 9.17) is 4.74 Å². The predicted molar refractivity (Wildman–Crippen MR) is 218 cm³/mol. The normalized spacial score (nSPS) is 12.4. The quantitative estimate of drug-likeness (QED) is 0.171. The van der Waals surface area contributed by atoms with Crippen LogP contribution in [0.15, 0.2) is 176 Å². The third-order valence-corrected chi connectivity index (χ3v) is 11.1. The Labute approximate surface area is 303 Å². The van der Waals surface area contributed by atoms with Crippen molar-refractivity contribution in [2.75, 3.05) is 0 Å². The van der Waals surface area contributed by atoms with Crippen LogP contribution in [0.1, 0.15) is 5.56 Å². The zero-order valence-corrected chi connectivity index (χ0v) is 28.7. The highest BCUT2D eigenvalue weighted by Gasteiger charge is 2.42. The van der Waals surface area contributed by atoms with E-state index in [0.29, 0.717) is 0 Å². The van der Waals surface area contributed by atoms with E-state index in [1.807, 2.05) is 0 Å². The maximum Gasteiger partial charge on any atom is 0.256 e. The van der Waals surface area contributed by atoms with Crippen molar-refractivity contribution < 1.29 is 4.74 Å². The number of aryl methyl sites for hydroxylation is 1. The molecule has 11 rings (SSSR count). The molecule has 0 fully saturated rings. The molecule has 8 aromatic carbocycles. The minimum absolute atomic E-state index is 0.0127. The van der Waals surface area contributed by atoms with Gasteiger partial charge in [-0.05, 0) is 92.1 Å². The first-order valence-corrected chi connectivity index (χ1v) is 18.1. The summed E-state index contributed by atoms with van der Waals surface area (Å²) >= 11 is 0. The van der Waals surface area contributed by atoms with Gasteiger partial charge in [-0.25, -0.2) is 0 Å². The molecule has 0 saturated heterocycles. The molecule has 0 N–H and O–H groups in total. The van der Waals surface area contributed by atoms with Crippen molar-refractivity contribution in [3.05, 3.63) is 181 Å². The highest BCUT2D eigenvalue weighted by atomic mass is 16.5. The van der Waals surface area contributed by atoms with Crippen molar-refractivity contribution >= 4 is 44.9 Å². The van der Waals surface area contributed by atoms with E-state index >= 15 is 0 Å². The molecule has 2 aliphatic rings. The summed E-state index contributed by atoms with van der Waals surface area (Å²) < 4.78 is 9.76. The Bertz CT molecular complexity index is 2890. The van der Waals surface area contributed by atoms with Gasteiger partial charge < -0.3 is 9.30 Å². The lowest BCUT2D eigenvalue weighted by molar-refractivity contribution is 0.488. The van der Waals surface area contributed by atoms with E-state index in [1.165, 1.54) is 82.8 Å². The van der Waals surface area contributed by atoms with Crippen LogP contribution in [0.5, 0.6) is 11.5 Å². The van der Waals surface area contributed by atoms with Crippen LogP contribution in [0.2, 0.25) is 0 Å². The number of benzene rings is 8. The largest absolute Gasteiger partial charge is 0.458 e. The molecule has 0 radical (unpaired) electrons. The summed E-state index contributed by atoms with van der Waals surface area (Å²) in [6.07, 6.45) is 0. The summed E-state index contributed by atoms with van der Waals surface area (Å²) in [5, 5.41) is 2.56. The Morgan fingerprint density at radius 3 is 1.79 bits per heavy atom. The van der Waals surface area contributed by atoms with Gasteiger partial charge in [-0.2, -0.15) is 0 Å². The monoisotopic (exact) mass is 661 g/mol. The molecule has 0 unspecified atom stereocenters. The maximum atomic E-state index is 7.27. The van der Waals surface area contributed by atoms with E-state index in [1.54, 1.807) is 0 Å². The smallest absolute Gasteiger partial charge is 0.256 e. The van der Waals surface area contributed by atoms with Crippen molar-refractivity contribution in [2.45, 2.75) is 6.92 Å². The standard InChI is InChI=1S/C49H32BNO/c1-31-27-45-47-46(28-31)52-49-41(38-22-11-10-20-36(38)33-17-6-3-7-18-33)29-34(37-21-9-8-19-35(37)32-15-4-2-5-16-32)30-43(49)50(47)42-25-14-24-40-39-23-12-13-26-44(39)51(45)48(40)42/h2-30H,1H3. The second kappa shape index (κ2) is 11.2. The number of hydrogen-bond acceptors (Lipinski definition) is 1. The predicted octanol–water partition coefficient (Wildman–Crippen LogP) is 10.7. The average molecular weight is 662 g/mol. The van der Waals surface area contributed by atoms with Gasteiger partial charge >= 0.3 is 0 Å². The molecule has 3 heterocycles. The zero-order valence-electron chi connectivity index (χ0n) is 28.7. The van der Waals surface area contributed by atoms with Crippen LogP contribution >= 0.6 is 0 Å². The number of rotatable bonds is 4. The Morgan fingerprint density at radius 2 is 1.06 bits per heavy atom. The second-order valence-electron chi connectivity index (χ2n) is 14.1. The minimum Gasteiger partial charge on any atom is -0.458 e. The van der Waals surface area contributed by atoms with Crippen LogP contribution in [-0.2, 0) is 0 Å². The van der Waals surface area contributed by atoms with Crippen molar-refractivity contribution in [3.8, 4) is 61.7 Å². The van der Waals surface area contributed by atoms with Gasteiger partial charge in [-0.3, -0.25) is 0 Å². The molecule has 2 nitrogen and oxygen atoms in total. The molecule has 1 aromatic heterocycles. The molecule has 2 aliphatic heterocycles. The molecule has 3 heteroatoms. The molecule has 0 atom stereocenters. The lowest BCUT2D eigenvalue weighted by Gasteiger charge is -2.35. The van der Waals surface area contributed by atoms with Crippen LogP contribution in [0.4, 0.5) is 0 Å². The van der Waals surface area contributed by atoms with Gasteiger partial charge in [0.1, 0.15) is 11.5 Å². The van der Waals surface area contributed by atoms with E-state index in [2.05, 4.69) is 187 Å². The molecule has 52 heavy (non-hydrogen) atoms. The minimum atomic E-state index is -0.0127. The van der Waals surface area contributed by atoms with Gasteiger partial charge in [0.15, 0.2) is 0 Å². The van der Waals surface area contributed by atoms with Gasteiger partial charge in [0.2, 0.25) is 0 Å². The van der Waals surface area contributed by atoms with Crippen LogP contribution < -0.4 is 21.1 Å². The van der Waals surface area contributed by atoms with Gasteiger partial charge in [-0.15, -0.1) is 0 Å². The molecule has 0 amide bonds. The second-order valence-corrected chi connectivity index (χ2v) is 14.1. The van der Waals surface area contributed by atoms with E-state index in [9.17, 15) is 0 Å². The molecule has 0 spiro atoms. The van der Waals surface area contributed by atoms with E-state index in [-0.39, 0.29) is 6.71 Å². The SMILES string of the molecule is Cc1cc2c3c(c1)-n1c4ccccc4c4cccc(c41)B3c1cc(-c3ccccc3-c3ccccc3)cc(-c3ccccc3-c3ccccc3)c1O2. The van der Waals surface area contributed by atoms with Gasteiger partial charge in [-0.1, -0.05) is 152 Å². The fourth-order valence-electron chi connectivity index (χ4n) is 8.95. The van der Waals surface area contributed by atoms with Gasteiger partial charge in [0, 0.05) is 27.5 Å². The summed E-state index contributed by atoms with van der Waals surface area (Å²) in [4.78, 5) is 0. The average Bonchev–Trinajstić information content (AvgIpc) is 3.55. The van der Waals surface area contributed by atoms with Crippen LogP contribution in [0, 0.1) is 6.92 Å². The third kappa shape index (κ3) is 4.20. The highest BCUT2D eigenvalue weighted by Crippen LogP contribution is 2.45. The number of nitrogens with zero attached hydrogens (tertiary/aromatic N) is 1. The Hall–Kier alpha value is -6.58. The Balaban J connectivity index is 1.27. The molecule has 9 aromatic rings. The lowest BCUT2D eigenvalue weighted by atomic mass is 9.34.